The first-order valence-electron chi connectivity index (χ1n) is 10.3. The number of anilines is 2. The van der Waals surface area contributed by atoms with E-state index in [1.54, 1.807) is 12.3 Å². The van der Waals surface area contributed by atoms with Gasteiger partial charge in [0, 0.05) is 18.2 Å². The molecule has 0 unspecified atom stereocenters. The van der Waals surface area contributed by atoms with Gasteiger partial charge in [0.2, 0.25) is 5.95 Å². The first-order chi connectivity index (χ1) is 14.1. The molecule has 30 heavy (non-hydrogen) atoms. The van der Waals surface area contributed by atoms with Crippen LogP contribution in [0.15, 0.2) is 30.5 Å². The van der Waals surface area contributed by atoms with Crippen molar-refractivity contribution in [3.8, 4) is 0 Å². The summed E-state index contributed by atoms with van der Waals surface area (Å²) >= 11 is 0. The molecule has 3 aromatic rings. The third kappa shape index (κ3) is 4.42. The SMILES string of the molecule is CC(C)(C)Cc1ncc2nc(Nc3cccc(C(F)(F)F)c3)n(C3CCCC3)c2n1. The standard InChI is InChI=1S/C22H26F3N5/c1-21(2,3)12-18-26-13-17-19(29-18)30(16-9-4-5-10-16)20(28-17)27-15-8-6-7-14(11-15)22(23,24)25/h6-8,11,13,16H,4-5,9-10,12H2,1-3H3,(H,27,28). The molecule has 2 aromatic heterocycles. The Kier molecular flexibility index (Phi) is 5.20. The molecule has 1 aliphatic rings. The molecule has 0 amide bonds. The molecule has 1 fully saturated rings. The van der Waals surface area contributed by atoms with Gasteiger partial charge in [-0.05, 0) is 36.5 Å². The molecule has 160 valence electrons. The van der Waals surface area contributed by atoms with Gasteiger partial charge in [-0.25, -0.2) is 15.0 Å². The molecule has 1 aromatic carbocycles. The van der Waals surface area contributed by atoms with Crippen LogP contribution in [0.4, 0.5) is 24.8 Å². The van der Waals surface area contributed by atoms with Gasteiger partial charge in [0.25, 0.3) is 0 Å². The maximum Gasteiger partial charge on any atom is 0.416 e. The van der Waals surface area contributed by atoms with Crippen molar-refractivity contribution >= 4 is 22.8 Å². The van der Waals surface area contributed by atoms with E-state index in [4.69, 9.17) is 4.98 Å². The summed E-state index contributed by atoms with van der Waals surface area (Å²) < 4.78 is 41.4. The quantitative estimate of drug-likeness (QED) is 0.542. The van der Waals surface area contributed by atoms with Crippen molar-refractivity contribution in [3.63, 3.8) is 0 Å². The van der Waals surface area contributed by atoms with Crippen molar-refractivity contribution in [1.29, 1.82) is 0 Å². The molecule has 0 bridgehead atoms. The average molecular weight is 417 g/mol. The van der Waals surface area contributed by atoms with Crippen LogP contribution in [0.5, 0.6) is 0 Å². The summed E-state index contributed by atoms with van der Waals surface area (Å²) in [6.07, 6.45) is 2.29. The van der Waals surface area contributed by atoms with E-state index in [-0.39, 0.29) is 11.5 Å². The highest BCUT2D eigenvalue weighted by atomic mass is 19.4. The van der Waals surface area contributed by atoms with Crippen LogP contribution < -0.4 is 5.32 Å². The van der Waals surface area contributed by atoms with E-state index in [9.17, 15) is 13.2 Å². The van der Waals surface area contributed by atoms with Gasteiger partial charge in [0.15, 0.2) is 5.65 Å². The lowest BCUT2D eigenvalue weighted by Crippen LogP contribution is -2.13. The summed E-state index contributed by atoms with van der Waals surface area (Å²) in [5, 5.41) is 3.10. The molecule has 1 saturated carbocycles. The summed E-state index contributed by atoms with van der Waals surface area (Å²) in [6, 6.07) is 5.41. The number of rotatable bonds is 4. The first-order valence-corrected chi connectivity index (χ1v) is 10.3. The Bertz CT molecular complexity index is 1040. The lowest BCUT2D eigenvalue weighted by molar-refractivity contribution is -0.137. The summed E-state index contributed by atoms with van der Waals surface area (Å²) in [5.41, 5.74) is 1.09. The van der Waals surface area contributed by atoms with Crippen LogP contribution in [-0.2, 0) is 12.6 Å². The Morgan fingerprint density at radius 2 is 1.83 bits per heavy atom. The topological polar surface area (TPSA) is 55.6 Å². The molecule has 0 spiro atoms. The number of benzene rings is 1. The summed E-state index contributed by atoms with van der Waals surface area (Å²) in [6.45, 7) is 6.40. The number of nitrogens with zero attached hydrogens (tertiary/aromatic N) is 4. The van der Waals surface area contributed by atoms with Gasteiger partial charge in [-0.15, -0.1) is 0 Å². The predicted molar refractivity (Wildman–Crippen MR) is 111 cm³/mol. The molecular formula is C22H26F3N5. The zero-order chi connectivity index (χ0) is 21.5. The molecule has 1 N–H and O–H groups in total. The van der Waals surface area contributed by atoms with E-state index in [1.807, 2.05) is 0 Å². The average Bonchev–Trinajstić information content (AvgIpc) is 3.27. The second-order valence-corrected chi connectivity index (χ2v) is 9.18. The fourth-order valence-corrected chi connectivity index (χ4v) is 3.98. The highest BCUT2D eigenvalue weighted by Crippen LogP contribution is 2.36. The van der Waals surface area contributed by atoms with Crippen LogP contribution in [0.25, 0.3) is 11.2 Å². The van der Waals surface area contributed by atoms with Crippen molar-refractivity contribution in [3.05, 3.63) is 41.9 Å². The highest BCUT2D eigenvalue weighted by Gasteiger charge is 2.31. The Morgan fingerprint density at radius 1 is 1.10 bits per heavy atom. The van der Waals surface area contributed by atoms with Crippen molar-refractivity contribution in [2.24, 2.45) is 5.41 Å². The Morgan fingerprint density at radius 3 is 2.50 bits per heavy atom. The summed E-state index contributed by atoms with van der Waals surface area (Å²) in [7, 11) is 0. The number of hydrogen-bond acceptors (Lipinski definition) is 4. The number of alkyl halides is 3. The van der Waals surface area contributed by atoms with E-state index < -0.39 is 11.7 Å². The minimum absolute atomic E-state index is 0.0466. The number of hydrogen-bond donors (Lipinski definition) is 1. The molecule has 2 heterocycles. The first kappa shape index (κ1) is 20.6. The molecule has 0 radical (unpaired) electrons. The van der Waals surface area contributed by atoms with E-state index in [2.05, 4.69) is 40.6 Å². The van der Waals surface area contributed by atoms with E-state index >= 15 is 0 Å². The number of fused-ring (bicyclic) bond motifs is 1. The lowest BCUT2D eigenvalue weighted by atomic mass is 9.92. The third-order valence-corrected chi connectivity index (χ3v) is 5.31. The molecular weight excluding hydrogens is 391 g/mol. The van der Waals surface area contributed by atoms with Crippen LogP contribution in [0.1, 0.15) is 63.9 Å². The third-order valence-electron chi connectivity index (χ3n) is 5.31. The van der Waals surface area contributed by atoms with Crippen LogP contribution >= 0.6 is 0 Å². The second kappa shape index (κ2) is 7.56. The Labute approximate surface area is 173 Å². The maximum absolute atomic E-state index is 13.1. The van der Waals surface area contributed by atoms with Crippen molar-refractivity contribution in [2.45, 2.75) is 65.1 Å². The van der Waals surface area contributed by atoms with Gasteiger partial charge in [-0.3, -0.25) is 4.57 Å². The van der Waals surface area contributed by atoms with Gasteiger partial charge >= 0.3 is 6.18 Å². The monoisotopic (exact) mass is 417 g/mol. The highest BCUT2D eigenvalue weighted by molar-refractivity contribution is 5.75. The second-order valence-electron chi connectivity index (χ2n) is 9.18. The lowest BCUT2D eigenvalue weighted by Gasteiger charge is -2.18. The van der Waals surface area contributed by atoms with Gasteiger partial charge in [-0.1, -0.05) is 39.7 Å². The number of imidazole rings is 1. The molecule has 0 aliphatic heterocycles. The summed E-state index contributed by atoms with van der Waals surface area (Å²) in [5.74, 6) is 1.26. The molecule has 1 aliphatic carbocycles. The van der Waals surface area contributed by atoms with E-state index in [0.717, 1.165) is 55.7 Å². The largest absolute Gasteiger partial charge is 0.416 e. The predicted octanol–water partition coefficient (Wildman–Crippen LogP) is 6.29. The van der Waals surface area contributed by atoms with Gasteiger partial charge < -0.3 is 5.32 Å². The molecule has 8 heteroatoms. The molecule has 4 rings (SSSR count). The number of halogens is 3. The van der Waals surface area contributed by atoms with Crippen LogP contribution in [0, 0.1) is 5.41 Å². The van der Waals surface area contributed by atoms with Gasteiger partial charge in [0.05, 0.1) is 11.8 Å². The van der Waals surface area contributed by atoms with E-state index in [1.165, 1.54) is 6.07 Å². The van der Waals surface area contributed by atoms with Crippen LogP contribution in [0.3, 0.4) is 0 Å². The minimum atomic E-state index is -4.39. The smallest absolute Gasteiger partial charge is 0.326 e. The van der Waals surface area contributed by atoms with Crippen molar-refractivity contribution < 1.29 is 13.2 Å². The minimum Gasteiger partial charge on any atom is -0.326 e. The fraction of sp³-hybridized carbons (Fsp3) is 0.500. The van der Waals surface area contributed by atoms with Crippen LogP contribution in [-0.4, -0.2) is 19.5 Å². The number of nitrogens with one attached hydrogen (secondary N) is 1. The zero-order valence-corrected chi connectivity index (χ0v) is 17.4. The fourth-order valence-electron chi connectivity index (χ4n) is 3.98. The van der Waals surface area contributed by atoms with Crippen LogP contribution in [0.2, 0.25) is 0 Å². The number of aromatic nitrogens is 4. The molecule has 5 nitrogen and oxygen atoms in total. The van der Waals surface area contributed by atoms with Crippen molar-refractivity contribution in [2.75, 3.05) is 5.32 Å². The molecule has 0 atom stereocenters. The van der Waals surface area contributed by atoms with Gasteiger partial charge in [-0.2, -0.15) is 13.2 Å². The Hall–Kier alpha value is -2.64. The van der Waals surface area contributed by atoms with Crippen molar-refractivity contribution in [1.82, 2.24) is 19.5 Å². The molecule has 0 saturated heterocycles. The zero-order valence-electron chi connectivity index (χ0n) is 17.4. The maximum atomic E-state index is 13.1. The Balaban J connectivity index is 1.76. The van der Waals surface area contributed by atoms with Gasteiger partial charge in [0.1, 0.15) is 11.3 Å². The summed E-state index contributed by atoms with van der Waals surface area (Å²) in [4.78, 5) is 13.9. The normalized spacial score (nSPS) is 15.8. The van der Waals surface area contributed by atoms with E-state index in [0.29, 0.717) is 17.2 Å².